The maximum Gasteiger partial charge on any atom is 0.417 e. The summed E-state index contributed by atoms with van der Waals surface area (Å²) >= 11 is 0. The van der Waals surface area contributed by atoms with E-state index >= 15 is 0 Å². The molecule has 1 aromatic rings. The molecule has 122 valence electrons. The first kappa shape index (κ1) is 18.0. The maximum absolute atomic E-state index is 13.0. The van der Waals surface area contributed by atoms with Crippen LogP contribution >= 0.6 is 0 Å². The van der Waals surface area contributed by atoms with Crippen molar-refractivity contribution in [3.8, 4) is 0 Å². The molecule has 0 fully saturated rings. The molecule has 1 aromatic carbocycles. The van der Waals surface area contributed by atoms with Crippen molar-refractivity contribution >= 4 is 11.9 Å². The first-order valence-corrected chi connectivity index (χ1v) is 6.82. The van der Waals surface area contributed by atoms with E-state index in [0.29, 0.717) is 5.56 Å². The number of aryl methyl sites for hydroxylation is 1. The topological polar surface area (TPSA) is 52.6 Å². The monoisotopic (exact) mass is 318 g/mol. The molecule has 0 aliphatic rings. The van der Waals surface area contributed by atoms with Crippen LogP contribution in [-0.4, -0.2) is 25.2 Å². The van der Waals surface area contributed by atoms with Crippen molar-refractivity contribution in [2.45, 2.75) is 32.9 Å². The summed E-state index contributed by atoms with van der Waals surface area (Å²) in [7, 11) is 0. The van der Waals surface area contributed by atoms with E-state index in [1.807, 2.05) is 0 Å². The summed E-state index contributed by atoms with van der Waals surface area (Å²) < 4.78 is 48.5. The van der Waals surface area contributed by atoms with E-state index in [-0.39, 0.29) is 26.1 Å². The van der Waals surface area contributed by atoms with E-state index < -0.39 is 29.2 Å². The van der Waals surface area contributed by atoms with Crippen LogP contribution in [0.15, 0.2) is 18.2 Å². The number of hydrogen-bond donors (Lipinski definition) is 0. The molecule has 0 atom stereocenters. The fraction of sp³-hybridized carbons (Fsp3) is 0.467. The number of ether oxygens (including phenoxy) is 2. The zero-order valence-corrected chi connectivity index (χ0v) is 12.3. The van der Waals surface area contributed by atoms with Gasteiger partial charge >= 0.3 is 18.1 Å². The lowest BCUT2D eigenvalue weighted by Crippen LogP contribution is -2.16. The van der Waals surface area contributed by atoms with Gasteiger partial charge in [-0.05, 0) is 38.0 Å². The van der Waals surface area contributed by atoms with E-state index in [2.05, 4.69) is 4.74 Å². The van der Waals surface area contributed by atoms with E-state index in [4.69, 9.17) is 4.74 Å². The van der Waals surface area contributed by atoms with Gasteiger partial charge in [0.25, 0.3) is 0 Å². The lowest BCUT2D eigenvalue weighted by molar-refractivity contribution is -0.143. The maximum atomic E-state index is 13.0. The van der Waals surface area contributed by atoms with Gasteiger partial charge in [-0.3, -0.25) is 4.79 Å². The molecule has 0 bridgehead atoms. The molecule has 1 rings (SSSR count). The smallest absolute Gasteiger partial charge is 0.417 e. The molecular weight excluding hydrogens is 301 g/mol. The van der Waals surface area contributed by atoms with E-state index in [0.717, 1.165) is 12.1 Å². The van der Waals surface area contributed by atoms with Crippen LogP contribution in [0.1, 0.15) is 41.8 Å². The van der Waals surface area contributed by atoms with Crippen LogP contribution in [0.5, 0.6) is 0 Å². The highest BCUT2D eigenvalue weighted by atomic mass is 19.4. The molecule has 0 aliphatic heterocycles. The fourth-order valence-electron chi connectivity index (χ4n) is 1.85. The molecule has 0 amide bonds. The first-order valence-electron chi connectivity index (χ1n) is 6.82. The second-order valence-electron chi connectivity index (χ2n) is 4.40. The van der Waals surface area contributed by atoms with Gasteiger partial charge in [0.05, 0.1) is 24.3 Å². The molecular formula is C15H17F3O4. The predicted octanol–water partition coefficient (Wildman–Crippen LogP) is 3.38. The summed E-state index contributed by atoms with van der Waals surface area (Å²) in [4.78, 5) is 22.8. The number of halogens is 3. The third kappa shape index (κ3) is 5.05. The molecule has 0 saturated heterocycles. The van der Waals surface area contributed by atoms with E-state index in [9.17, 15) is 22.8 Å². The van der Waals surface area contributed by atoms with Crippen LogP contribution in [0, 0.1) is 0 Å². The van der Waals surface area contributed by atoms with Crippen LogP contribution in [0.4, 0.5) is 13.2 Å². The van der Waals surface area contributed by atoms with Crippen molar-refractivity contribution in [2.75, 3.05) is 13.2 Å². The second-order valence-corrected chi connectivity index (χ2v) is 4.40. The Balaban J connectivity index is 3.00. The quantitative estimate of drug-likeness (QED) is 0.755. The van der Waals surface area contributed by atoms with Crippen molar-refractivity contribution < 1.29 is 32.2 Å². The minimum absolute atomic E-state index is 0.0132. The van der Waals surface area contributed by atoms with Crippen molar-refractivity contribution in [2.24, 2.45) is 0 Å². The van der Waals surface area contributed by atoms with Gasteiger partial charge in [0.2, 0.25) is 0 Å². The Kier molecular flexibility index (Phi) is 6.39. The van der Waals surface area contributed by atoms with Crippen LogP contribution < -0.4 is 0 Å². The normalized spacial score (nSPS) is 11.1. The van der Waals surface area contributed by atoms with Gasteiger partial charge in [0, 0.05) is 6.42 Å². The molecule has 0 heterocycles. The minimum Gasteiger partial charge on any atom is -0.466 e. The molecule has 22 heavy (non-hydrogen) atoms. The molecule has 0 radical (unpaired) electrons. The Morgan fingerprint density at radius 1 is 1.09 bits per heavy atom. The van der Waals surface area contributed by atoms with Gasteiger partial charge in [-0.1, -0.05) is 6.07 Å². The minimum atomic E-state index is -4.68. The number of alkyl halides is 3. The standard InChI is InChI=1S/C15H17F3O4/c1-3-21-13(19)8-6-10-5-7-11(14(20)22-4-2)12(9-10)15(16,17)18/h5,7,9H,3-4,6,8H2,1-2H3. The summed E-state index contributed by atoms with van der Waals surface area (Å²) in [5, 5.41) is 0. The van der Waals surface area contributed by atoms with Gasteiger partial charge < -0.3 is 9.47 Å². The predicted molar refractivity (Wildman–Crippen MR) is 72.4 cm³/mol. The number of benzene rings is 1. The van der Waals surface area contributed by atoms with Crippen LogP contribution in [0.3, 0.4) is 0 Å². The number of carbonyl (C=O) groups excluding carboxylic acids is 2. The molecule has 0 unspecified atom stereocenters. The molecule has 7 heteroatoms. The third-order valence-corrected chi connectivity index (χ3v) is 2.81. The molecule has 0 aromatic heterocycles. The van der Waals surface area contributed by atoms with Crippen molar-refractivity contribution in [3.63, 3.8) is 0 Å². The van der Waals surface area contributed by atoms with Crippen molar-refractivity contribution in [3.05, 3.63) is 34.9 Å². The van der Waals surface area contributed by atoms with Gasteiger partial charge in [-0.15, -0.1) is 0 Å². The lowest BCUT2D eigenvalue weighted by atomic mass is 10.0. The molecule has 0 saturated carbocycles. The Morgan fingerprint density at radius 2 is 1.73 bits per heavy atom. The van der Waals surface area contributed by atoms with Crippen LogP contribution in [0.25, 0.3) is 0 Å². The Hall–Kier alpha value is -2.05. The van der Waals surface area contributed by atoms with Gasteiger partial charge in [0.15, 0.2) is 0 Å². The molecule has 0 aliphatic carbocycles. The molecule has 0 spiro atoms. The summed E-state index contributed by atoms with van der Waals surface area (Å²) in [5.74, 6) is -1.50. The van der Waals surface area contributed by atoms with Crippen LogP contribution in [0.2, 0.25) is 0 Å². The number of carbonyl (C=O) groups is 2. The Bertz CT molecular complexity index is 538. The van der Waals surface area contributed by atoms with Gasteiger partial charge in [0.1, 0.15) is 0 Å². The van der Waals surface area contributed by atoms with E-state index in [1.165, 1.54) is 13.0 Å². The van der Waals surface area contributed by atoms with E-state index in [1.54, 1.807) is 6.92 Å². The molecule has 0 N–H and O–H groups in total. The highest BCUT2D eigenvalue weighted by molar-refractivity contribution is 5.91. The first-order chi connectivity index (χ1) is 10.3. The summed E-state index contributed by atoms with van der Waals surface area (Å²) in [6.45, 7) is 3.36. The average molecular weight is 318 g/mol. The Morgan fingerprint density at radius 3 is 2.27 bits per heavy atom. The number of esters is 2. The van der Waals surface area contributed by atoms with Crippen molar-refractivity contribution in [1.82, 2.24) is 0 Å². The second kappa shape index (κ2) is 7.82. The Labute approximate surface area is 126 Å². The number of hydrogen-bond acceptors (Lipinski definition) is 4. The lowest BCUT2D eigenvalue weighted by Gasteiger charge is -2.13. The largest absolute Gasteiger partial charge is 0.466 e. The third-order valence-electron chi connectivity index (χ3n) is 2.81. The summed E-state index contributed by atoms with van der Waals surface area (Å²) in [5.41, 5.74) is -1.30. The van der Waals surface area contributed by atoms with Crippen LogP contribution in [-0.2, 0) is 26.9 Å². The summed E-state index contributed by atoms with van der Waals surface area (Å²) in [6, 6.07) is 3.31. The zero-order chi connectivity index (χ0) is 16.8. The highest BCUT2D eigenvalue weighted by Crippen LogP contribution is 2.33. The number of rotatable bonds is 6. The highest BCUT2D eigenvalue weighted by Gasteiger charge is 2.35. The van der Waals surface area contributed by atoms with Gasteiger partial charge in [-0.2, -0.15) is 13.2 Å². The fourth-order valence-corrected chi connectivity index (χ4v) is 1.85. The zero-order valence-electron chi connectivity index (χ0n) is 12.3. The average Bonchev–Trinajstić information content (AvgIpc) is 2.44. The van der Waals surface area contributed by atoms with Crippen molar-refractivity contribution in [1.29, 1.82) is 0 Å². The van der Waals surface area contributed by atoms with Gasteiger partial charge in [-0.25, -0.2) is 4.79 Å². The SMILES string of the molecule is CCOC(=O)CCc1ccc(C(=O)OCC)c(C(F)(F)F)c1. The molecule has 4 nitrogen and oxygen atoms in total. The summed E-state index contributed by atoms with van der Waals surface area (Å²) in [6.07, 6.45) is -4.60.